The molecule has 19 heavy (non-hydrogen) atoms. The van der Waals surface area contributed by atoms with Crippen LogP contribution in [0, 0.1) is 0 Å². The summed E-state index contributed by atoms with van der Waals surface area (Å²) in [5.41, 5.74) is 1.40. The molecule has 0 fully saturated rings. The topological polar surface area (TPSA) is 29.5 Å². The van der Waals surface area contributed by atoms with Crippen LogP contribution in [0.1, 0.15) is 31.7 Å². The maximum atomic E-state index is 11.2. The number of carbonyl (C=O) groups is 1. The summed E-state index contributed by atoms with van der Waals surface area (Å²) in [5, 5.41) is 0. The first-order valence-corrected chi connectivity index (χ1v) is 7.10. The molecule has 0 aliphatic carbocycles. The fourth-order valence-electron chi connectivity index (χ4n) is 1.98. The van der Waals surface area contributed by atoms with Gasteiger partial charge in [0.15, 0.2) is 0 Å². The first-order chi connectivity index (χ1) is 9.22. The van der Waals surface area contributed by atoms with E-state index in [0.717, 1.165) is 25.9 Å². The largest absolute Gasteiger partial charge is 0.466 e. The molecule has 0 saturated carbocycles. The smallest absolute Gasteiger partial charge is 0.307 e. The minimum absolute atomic E-state index is 0.0985. The molecule has 0 bridgehead atoms. The Morgan fingerprint density at radius 1 is 1.16 bits per heavy atom. The van der Waals surface area contributed by atoms with Crippen molar-refractivity contribution in [3.8, 4) is 0 Å². The van der Waals surface area contributed by atoms with E-state index in [4.69, 9.17) is 4.74 Å². The van der Waals surface area contributed by atoms with E-state index < -0.39 is 0 Å². The summed E-state index contributed by atoms with van der Waals surface area (Å²) in [6.45, 7) is 4.13. The van der Waals surface area contributed by atoms with Crippen molar-refractivity contribution in [2.75, 3.05) is 26.7 Å². The van der Waals surface area contributed by atoms with Crippen molar-refractivity contribution in [3.63, 3.8) is 0 Å². The van der Waals surface area contributed by atoms with E-state index in [2.05, 4.69) is 36.2 Å². The van der Waals surface area contributed by atoms with Crippen molar-refractivity contribution in [1.82, 2.24) is 4.90 Å². The second-order valence-electron chi connectivity index (χ2n) is 4.80. The Kier molecular flexibility index (Phi) is 7.91. The lowest BCUT2D eigenvalue weighted by atomic mass is 10.1. The van der Waals surface area contributed by atoms with Gasteiger partial charge in [-0.15, -0.1) is 0 Å². The maximum absolute atomic E-state index is 11.2. The van der Waals surface area contributed by atoms with E-state index in [1.54, 1.807) is 0 Å². The highest BCUT2D eigenvalue weighted by molar-refractivity contribution is 5.69. The zero-order valence-corrected chi connectivity index (χ0v) is 12.1. The average Bonchev–Trinajstić information content (AvgIpc) is 2.43. The third-order valence-electron chi connectivity index (χ3n) is 3.10. The highest BCUT2D eigenvalue weighted by Gasteiger charge is 2.04. The molecule has 0 radical (unpaired) electrons. The molecule has 0 N–H and O–H groups in total. The second-order valence-corrected chi connectivity index (χ2v) is 4.80. The van der Waals surface area contributed by atoms with Crippen LogP contribution in [0.5, 0.6) is 0 Å². The molecule has 3 nitrogen and oxygen atoms in total. The molecule has 0 aliphatic rings. The summed E-state index contributed by atoms with van der Waals surface area (Å²) in [7, 11) is 2.06. The molecule has 0 heterocycles. The highest BCUT2D eigenvalue weighted by atomic mass is 16.5. The third kappa shape index (κ3) is 7.62. The van der Waals surface area contributed by atoms with Gasteiger partial charge in [-0.2, -0.15) is 0 Å². The molecule has 0 atom stereocenters. The van der Waals surface area contributed by atoms with Crippen molar-refractivity contribution < 1.29 is 9.53 Å². The van der Waals surface area contributed by atoms with Gasteiger partial charge in [-0.3, -0.25) is 4.79 Å². The second kappa shape index (κ2) is 9.56. The molecule has 1 aromatic carbocycles. The summed E-state index contributed by atoms with van der Waals surface area (Å²) < 4.78 is 4.91. The first kappa shape index (κ1) is 15.7. The number of hydrogen-bond acceptors (Lipinski definition) is 3. The fraction of sp³-hybridized carbons (Fsp3) is 0.562. The van der Waals surface area contributed by atoms with Crippen molar-refractivity contribution in [3.05, 3.63) is 35.9 Å². The quantitative estimate of drug-likeness (QED) is 0.507. The standard InChI is InChI=1S/C16H25NO2/c1-3-19-16(18)12-14-17(2)13-8-7-11-15-9-5-4-6-10-15/h4-6,9-10H,3,7-8,11-14H2,1-2H3. The molecule has 0 amide bonds. The minimum atomic E-state index is -0.0985. The Labute approximate surface area is 116 Å². The molecule has 0 aromatic heterocycles. The summed E-state index contributed by atoms with van der Waals surface area (Å²) in [4.78, 5) is 13.4. The molecule has 0 unspecified atom stereocenters. The Bertz CT molecular complexity index is 351. The van der Waals surface area contributed by atoms with Gasteiger partial charge in [0.25, 0.3) is 0 Å². The van der Waals surface area contributed by atoms with E-state index in [-0.39, 0.29) is 5.97 Å². The van der Waals surface area contributed by atoms with E-state index >= 15 is 0 Å². The van der Waals surface area contributed by atoms with Gasteiger partial charge in [-0.1, -0.05) is 30.3 Å². The zero-order valence-electron chi connectivity index (χ0n) is 12.1. The number of esters is 1. The number of ether oxygens (including phenoxy) is 1. The van der Waals surface area contributed by atoms with E-state index in [1.807, 2.05) is 13.0 Å². The van der Waals surface area contributed by atoms with Crippen LogP contribution < -0.4 is 0 Å². The van der Waals surface area contributed by atoms with E-state index in [0.29, 0.717) is 13.0 Å². The minimum Gasteiger partial charge on any atom is -0.466 e. The Hall–Kier alpha value is -1.35. The monoisotopic (exact) mass is 263 g/mol. The SMILES string of the molecule is CCOC(=O)CCN(C)CCCCc1ccccc1. The number of carbonyl (C=O) groups excluding carboxylic acids is 1. The van der Waals surface area contributed by atoms with Gasteiger partial charge in [-0.25, -0.2) is 0 Å². The average molecular weight is 263 g/mol. The van der Waals surface area contributed by atoms with Crippen LogP contribution >= 0.6 is 0 Å². The molecular formula is C16H25NO2. The number of benzene rings is 1. The highest BCUT2D eigenvalue weighted by Crippen LogP contribution is 2.05. The predicted molar refractivity (Wildman–Crippen MR) is 78.1 cm³/mol. The van der Waals surface area contributed by atoms with Gasteiger partial charge in [0.2, 0.25) is 0 Å². The molecule has 106 valence electrons. The number of unbranched alkanes of at least 4 members (excludes halogenated alkanes) is 1. The zero-order chi connectivity index (χ0) is 13.9. The fourth-order valence-corrected chi connectivity index (χ4v) is 1.98. The number of hydrogen-bond donors (Lipinski definition) is 0. The molecule has 1 aromatic rings. The molecule has 0 saturated heterocycles. The van der Waals surface area contributed by atoms with Gasteiger partial charge in [0.05, 0.1) is 13.0 Å². The lowest BCUT2D eigenvalue weighted by Crippen LogP contribution is -2.23. The van der Waals surface area contributed by atoms with Crippen LogP contribution in [0.2, 0.25) is 0 Å². The van der Waals surface area contributed by atoms with Crippen LogP contribution in [0.15, 0.2) is 30.3 Å². The Balaban J connectivity index is 2.04. The Morgan fingerprint density at radius 3 is 2.58 bits per heavy atom. The van der Waals surface area contributed by atoms with E-state index in [1.165, 1.54) is 12.0 Å². The van der Waals surface area contributed by atoms with Crippen molar-refractivity contribution >= 4 is 5.97 Å². The Morgan fingerprint density at radius 2 is 1.89 bits per heavy atom. The van der Waals surface area contributed by atoms with Crippen molar-refractivity contribution in [2.24, 2.45) is 0 Å². The third-order valence-corrected chi connectivity index (χ3v) is 3.10. The number of nitrogens with zero attached hydrogens (tertiary/aromatic N) is 1. The lowest BCUT2D eigenvalue weighted by molar-refractivity contribution is -0.143. The maximum Gasteiger partial charge on any atom is 0.307 e. The van der Waals surface area contributed by atoms with Crippen molar-refractivity contribution in [2.45, 2.75) is 32.6 Å². The predicted octanol–water partition coefficient (Wildman–Crippen LogP) is 2.89. The van der Waals surface area contributed by atoms with Crippen LogP contribution in [0.25, 0.3) is 0 Å². The molecule has 3 heteroatoms. The van der Waals surface area contributed by atoms with Gasteiger partial charge >= 0.3 is 5.97 Å². The van der Waals surface area contributed by atoms with Gasteiger partial charge < -0.3 is 9.64 Å². The van der Waals surface area contributed by atoms with E-state index in [9.17, 15) is 4.79 Å². The lowest BCUT2D eigenvalue weighted by Gasteiger charge is -2.15. The van der Waals surface area contributed by atoms with Crippen LogP contribution in [0.3, 0.4) is 0 Å². The van der Waals surface area contributed by atoms with Crippen molar-refractivity contribution in [1.29, 1.82) is 0 Å². The summed E-state index contributed by atoms with van der Waals surface area (Å²) in [6, 6.07) is 10.6. The van der Waals surface area contributed by atoms with Crippen LogP contribution in [0.4, 0.5) is 0 Å². The van der Waals surface area contributed by atoms with Crippen LogP contribution in [-0.2, 0) is 16.0 Å². The summed E-state index contributed by atoms with van der Waals surface area (Å²) >= 11 is 0. The molecular weight excluding hydrogens is 238 g/mol. The van der Waals surface area contributed by atoms with Gasteiger partial charge in [-0.05, 0) is 45.3 Å². The number of rotatable bonds is 9. The summed E-state index contributed by atoms with van der Waals surface area (Å²) in [6.07, 6.45) is 3.97. The normalized spacial score (nSPS) is 10.7. The molecule has 0 aliphatic heterocycles. The molecule has 0 spiro atoms. The number of aryl methyl sites for hydroxylation is 1. The van der Waals surface area contributed by atoms with Gasteiger partial charge in [0, 0.05) is 6.54 Å². The molecule has 1 rings (SSSR count). The van der Waals surface area contributed by atoms with Gasteiger partial charge in [0.1, 0.15) is 0 Å². The summed E-state index contributed by atoms with van der Waals surface area (Å²) in [5.74, 6) is -0.0985. The first-order valence-electron chi connectivity index (χ1n) is 7.10. The van der Waals surface area contributed by atoms with Crippen LogP contribution in [-0.4, -0.2) is 37.6 Å².